The van der Waals surface area contributed by atoms with Crippen molar-refractivity contribution in [2.24, 2.45) is 0 Å². The van der Waals surface area contributed by atoms with Crippen LogP contribution in [0.2, 0.25) is 0 Å². The quantitative estimate of drug-likeness (QED) is 0.862. The predicted molar refractivity (Wildman–Crippen MR) is 69.9 cm³/mol. The molecular weight excluding hydrogens is 255 g/mol. The van der Waals surface area contributed by atoms with E-state index in [-0.39, 0.29) is 17.1 Å². The molecule has 2 unspecified atom stereocenters. The molecule has 0 aliphatic carbocycles. The van der Waals surface area contributed by atoms with E-state index in [1.54, 1.807) is 13.0 Å². The Morgan fingerprint density at radius 1 is 1.44 bits per heavy atom. The van der Waals surface area contributed by atoms with Gasteiger partial charge in [0.25, 0.3) is 0 Å². The normalized spacial score (nSPS) is 14.3. The Kier molecular flexibility index (Phi) is 5.78. The van der Waals surface area contributed by atoms with E-state index in [0.717, 1.165) is 17.3 Å². The SMILES string of the molecule is CC(=O)SCCC(O)C(O)c1cc(C)ccc1F. The van der Waals surface area contributed by atoms with E-state index in [1.165, 1.54) is 19.1 Å². The molecule has 2 atom stereocenters. The standard InChI is InChI=1S/C13H17FO3S/c1-8-3-4-11(14)10(7-8)13(17)12(16)5-6-18-9(2)15/h3-4,7,12-13,16-17H,5-6H2,1-2H3. The molecule has 0 radical (unpaired) electrons. The van der Waals surface area contributed by atoms with Crippen LogP contribution < -0.4 is 0 Å². The fourth-order valence-corrected chi connectivity index (χ4v) is 2.23. The summed E-state index contributed by atoms with van der Waals surface area (Å²) < 4.78 is 13.5. The molecule has 0 aliphatic rings. The molecule has 2 N–H and O–H groups in total. The van der Waals surface area contributed by atoms with Crippen LogP contribution in [0.4, 0.5) is 4.39 Å². The number of hydrogen-bond acceptors (Lipinski definition) is 4. The van der Waals surface area contributed by atoms with Crippen molar-refractivity contribution in [2.75, 3.05) is 5.75 Å². The predicted octanol–water partition coefficient (Wildman–Crippen LogP) is 2.20. The third-order valence-corrected chi connectivity index (χ3v) is 3.40. The minimum atomic E-state index is -1.27. The molecular formula is C13H17FO3S. The van der Waals surface area contributed by atoms with Crippen LogP contribution in [0, 0.1) is 12.7 Å². The molecule has 18 heavy (non-hydrogen) atoms. The molecule has 0 amide bonds. The van der Waals surface area contributed by atoms with Gasteiger partial charge in [0.1, 0.15) is 11.9 Å². The van der Waals surface area contributed by atoms with Crippen molar-refractivity contribution in [1.82, 2.24) is 0 Å². The van der Waals surface area contributed by atoms with Crippen molar-refractivity contribution < 1.29 is 19.4 Å². The van der Waals surface area contributed by atoms with Gasteiger partial charge in [-0.3, -0.25) is 4.79 Å². The molecule has 0 heterocycles. The lowest BCUT2D eigenvalue weighted by atomic mass is 10.0. The van der Waals surface area contributed by atoms with Crippen LogP contribution in [-0.4, -0.2) is 27.2 Å². The first kappa shape index (κ1) is 15.1. The number of halogens is 1. The Balaban J connectivity index is 2.64. The lowest BCUT2D eigenvalue weighted by Gasteiger charge is -2.18. The molecule has 0 aliphatic heterocycles. The zero-order chi connectivity index (χ0) is 13.7. The number of benzene rings is 1. The molecule has 0 saturated heterocycles. The topological polar surface area (TPSA) is 57.5 Å². The number of thioether (sulfide) groups is 1. The van der Waals surface area contributed by atoms with Gasteiger partial charge in [0.05, 0.1) is 6.10 Å². The molecule has 0 fully saturated rings. The molecule has 3 nitrogen and oxygen atoms in total. The Morgan fingerprint density at radius 3 is 2.72 bits per heavy atom. The van der Waals surface area contributed by atoms with Gasteiger partial charge in [0, 0.05) is 18.2 Å². The van der Waals surface area contributed by atoms with Gasteiger partial charge >= 0.3 is 0 Å². The van der Waals surface area contributed by atoms with Gasteiger partial charge in [0.2, 0.25) is 0 Å². The summed E-state index contributed by atoms with van der Waals surface area (Å²) in [6.07, 6.45) is -2.11. The van der Waals surface area contributed by atoms with Crippen LogP contribution in [0.15, 0.2) is 18.2 Å². The van der Waals surface area contributed by atoms with Crippen molar-refractivity contribution in [3.63, 3.8) is 0 Å². The summed E-state index contributed by atoms with van der Waals surface area (Å²) >= 11 is 1.08. The zero-order valence-electron chi connectivity index (χ0n) is 10.4. The third-order valence-electron chi connectivity index (χ3n) is 2.55. The van der Waals surface area contributed by atoms with Gasteiger partial charge in [0.15, 0.2) is 5.12 Å². The van der Waals surface area contributed by atoms with E-state index in [4.69, 9.17) is 0 Å². The van der Waals surface area contributed by atoms with Gasteiger partial charge in [-0.25, -0.2) is 4.39 Å². The highest BCUT2D eigenvalue weighted by atomic mass is 32.2. The second kappa shape index (κ2) is 6.87. The lowest BCUT2D eigenvalue weighted by molar-refractivity contribution is -0.109. The van der Waals surface area contributed by atoms with E-state index < -0.39 is 18.0 Å². The van der Waals surface area contributed by atoms with E-state index in [0.29, 0.717) is 5.75 Å². The summed E-state index contributed by atoms with van der Waals surface area (Å²) in [7, 11) is 0. The maximum absolute atomic E-state index is 13.5. The largest absolute Gasteiger partial charge is 0.390 e. The number of aryl methyl sites for hydroxylation is 1. The van der Waals surface area contributed by atoms with Crippen LogP contribution >= 0.6 is 11.8 Å². The molecule has 1 rings (SSSR count). The monoisotopic (exact) mass is 272 g/mol. The number of aliphatic hydroxyl groups excluding tert-OH is 2. The highest BCUT2D eigenvalue weighted by Gasteiger charge is 2.21. The summed E-state index contributed by atoms with van der Waals surface area (Å²) in [5.74, 6) is -0.132. The lowest BCUT2D eigenvalue weighted by Crippen LogP contribution is -2.20. The molecule has 0 saturated carbocycles. The van der Waals surface area contributed by atoms with Crippen molar-refractivity contribution in [2.45, 2.75) is 32.5 Å². The molecule has 5 heteroatoms. The Labute approximate surface area is 110 Å². The average Bonchev–Trinajstić information content (AvgIpc) is 2.30. The molecule has 1 aromatic carbocycles. The summed E-state index contributed by atoms with van der Waals surface area (Å²) in [6, 6.07) is 4.38. The van der Waals surface area contributed by atoms with Crippen molar-refractivity contribution in [3.05, 3.63) is 35.1 Å². The molecule has 0 spiro atoms. The van der Waals surface area contributed by atoms with E-state index in [9.17, 15) is 19.4 Å². The van der Waals surface area contributed by atoms with Crippen LogP contribution in [0.5, 0.6) is 0 Å². The number of carbonyl (C=O) groups is 1. The number of hydrogen-bond donors (Lipinski definition) is 2. The molecule has 1 aromatic rings. The van der Waals surface area contributed by atoms with E-state index in [2.05, 4.69) is 0 Å². The van der Waals surface area contributed by atoms with Crippen LogP contribution in [0.25, 0.3) is 0 Å². The van der Waals surface area contributed by atoms with Gasteiger partial charge in [-0.1, -0.05) is 29.5 Å². The summed E-state index contributed by atoms with van der Waals surface area (Å²) in [5, 5.41) is 19.6. The van der Waals surface area contributed by atoms with Crippen molar-refractivity contribution >= 4 is 16.9 Å². The highest BCUT2D eigenvalue weighted by molar-refractivity contribution is 8.13. The molecule has 0 aromatic heterocycles. The fourth-order valence-electron chi connectivity index (χ4n) is 1.58. The number of carbonyl (C=O) groups excluding carboxylic acids is 1. The third kappa shape index (κ3) is 4.40. The summed E-state index contributed by atoms with van der Waals surface area (Å²) in [6.45, 7) is 3.22. The average molecular weight is 272 g/mol. The van der Waals surface area contributed by atoms with Gasteiger partial charge in [-0.15, -0.1) is 0 Å². The van der Waals surface area contributed by atoms with Gasteiger partial charge in [-0.05, 0) is 19.4 Å². The zero-order valence-corrected chi connectivity index (χ0v) is 11.2. The first-order chi connectivity index (χ1) is 8.41. The summed E-state index contributed by atoms with van der Waals surface area (Å²) in [4.78, 5) is 10.7. The van der Waals surface area contributed by atoms with Crippen LogP contribution in [0.3, 0.4) is 0 Å². The molecule has 100 valence electrons. The van der Waals surface area contributed by atoms with Crippen LogP contribution in [0.1, 0.15) is 30.6 Å². The fraction of sp³-hybridized carbons (Fsp3) is 0.462. The van der Waals surface area contributed by atoms with Gasteiger partial charge < -0.3 is 10.2 Å². The van der Waals surface area contributed by atoms with E-state index in [1.807, 2.05) is 0 Å². The minimum Gasteiger partial charge on any atom is -0.390 e. The summed E-state index contributed by atoms with van der Waals surface area (Å²) in [5.41, 5.74) is 0.908. The van der Waals surface area contributed by atoms with Crippen LogP contribution in [-0.2, 0) is 4.79 Å². The highest BCUT2D eigenvalue weighted by Crippen LogP contribution is 2.24. The Bertz CT molecular complexity index is 423. The smallest absolute Gasteiger partial charge is 0.185 e. The first-order valence-corrected chi connectivity index (χ1v) is 6.66. The van der Waals surface area contributed by atoms with Gasteiger partial charge in [-0.2, -0.15) is 0 Å². The number of aliphatic hydroxyl groups is 2. The Hall–Kier alpha value is -0.910. The number of rotatable bonds is 5. The second-order valence-corrected chi connectivity index (χ2v) is 5.44. The first-order valence-electron chi connectivity index (χ1n) is 5.67. The maximum Gasteiger partial charge on any atom is 0.185 e. The second-order valence-electron chi connectivity index (χ2n) is 4.17. The Morgan fingerprint density at radius 2 is 2.11 bits per heavy atom. The molecule has 0 bridgehead atoms. The van der Waals surface area contributed by atoms with Crippen molar-refractivity contribution in [1.29, 1.82) is 0 Å². The minimum absolute atomic E-state index is 0.0431. The van der Waals surface area contributed by atoms with E-state index >= 15 is 0 Å². The maximum atomic E-state index is 13.5. The van der Waals surface area contributed by atoms with Crippen molar-refractivity contribution in [3.8, 4) is 0 Å².